The van der Waals surface area contributed by atoms with Crippen LogP contribution in [-0.2, 0) is 13.6 Å². The summed E-state index contributed by atoms with van der Waals surface area (Å²) in [7, 11) is 1.81. The zero-order chi connectivity index (χ0) is 15.5. The fourth-order valence-electron chi connectivity index (χ4n) is 3.21. The second-order valence-corrected chi connectivity index (χ2v) is 6.36. The van der Waals surface area contributed by atoms with Crippen LogP contribution in [0.15, 0.2) is 41.3 Å². The van der Waals surface area contributed by atoms with E-state index in [0.29, 0.717) is 0 Å². The number of aromatic nitrogens is 1. The third kappa shape index (κ3) is 3.30. The summed E-state index contributed by atoms with van der Waals surface area (Å²) in [5, 5.41) is 0. The Hall–Kier alpha value is -1.87. The van der Waals surface area contributed by atoms with E-state index in [9.17, 15) is 4.79 Å². The topological polar surface area (TPSA) is 25.2 Å². The van der Waals surface area contributed by atoms with Crippen molar-refractivity contribution in [3.63, 3.8) is 0 Å². The molecule has 116 valence electrons. The Morgan fingerprint density at radius 1 is 1.00 bits per heavy atom. The van der Waals surface area contributed by atoms with Crippen LogP contribution in [0, 0.1) is 6.92 Å². The summed E-state index contributed by atoms with van der Waals surface area (Å²) in [5.41, 5.74) is 4.50. The molecule has 1 aromatic carbocycles. The number of hydrogen-bond donors (Lipinski definition) is 0. The van der Waals surface area contributed by atoms with Gasteiger partial charge in [0.15, 0.2) is 0 Å². The van der Waals surface area contributed by atoms with Crippen LogP contribution in [0.2, 0.25) is 0 Å². The predicted octanol–water partition coefficient (Wildman–Crippen LogP) is 3.35. The van der Waals surface area contributed by atoms with E-state index < -0.39 is 0 Å². The first-order valence-electron chi connectivity index (χ1n) is 8.12. The van der Waals surface area contributed by atoms with E-state index in [1.165, 1.54) is 43.5 Å². The normalized spacial score (nSPS) is 15.9. The lowest BCUT2D eigenvalue weighted by atomic mass is 10.0. The SMILES string of the molecule is Cc1cc(-c2ccc(CN3CCCCC3)cc2)cn(C)c1=O. The van der Waals surface area contributed by atoms with Crippen molar-refractivity contribution in [3.05, 3.63) is 58.0 Å². The molecule has 0 N–H and O–H groups in total. The zero-order valence-electron chi connectivity index (χ0n) is 13.5. The molecule has 1 fully saturated rings. The van der Waals surface area contributed by atoms with Gasteiger partial charge in [0.25, 0.3) is 5.56 Å². The molecule has 2 aromatic rings. The first kappa shape index (κ1) is 15.0. The second-order valence-electron chi connectivity index (χ2n) is 6.36. The van der Waals surface area contributed by atoms with Crippen molar-refractivity contribution >= 4 is 0 Å². The van der Waals surface area contributed by atoms with Gasteiger partial charge in [-0.05, 0) is 55.6 Å². The molecular formula is C19H24N2O. The molecule has 0 saturated carbocycles. The van der Waals surface area contributed by atoms with E-state index in [-0.39, 0.29) is 5.56 Å². The number of piperidine rings is 1. The quantitative estimate of drug-likeness (QED) is 0.868. The first-order valence-corrected chi connectivity index (χ1v) is 8.12. The van der Waals surface area contributed by atoms with Gasteiger partial charge in [-0.1, -0.05) is 30.7 Å². The Morgan fingerprint density at radius 3 is 2.32 bits per heavy atom. The number of nitrogens with zero attached hydrogens (tertiary/aromatic N) is 2. The molecule has 22 heavy (non-hydrogen) atoms. The third-order valence-corrected chi connectivity index (χ3v) is 4.50. The van der Waals surface area contributed by atoms with Gasteiger partial charge in [-0.15, -0.1) is 0 Å². The van der Waals surface area contributed by atoms with Gasteiger partial charge in [0.2, 0.25) is 0 Å². The summed E-state index contributed by atoms with van der Waals surface area (Å²) in [5.74, 6) is 0. The van der Waals surface area contributed by atoms with Gasteiger partial charge in [-0.3, -0.25) is 9.69 Å². The molecule has 1 saturated heterocycles. The molecule has 1 aliphatic heterocycles. The predicted molar refractivity (Wildman–Crippen MR) is 91.0 cm³/mol. The van der Waals surface area contributed by atoms with Gasteiger partial charge in [0, 0.05) is 25.4 Å². The van der Waals surface area contributed by atoms with Crippen molar-refractivity contribution in [2.24, 2.45) is 7.05 Å². The Labute approximate surface area is 132 Å². The lowest BCUT2D eigenvalue weighted by Crippen LogP contribution is -2.29. The van der Waals surface area contributed by atoms with Crippen LogP contribution < -0.4 is 5.56 Å². The van der Waals surface area contributed by atoms with Crippen molar-refractivity contribution < 1.29 is 0 Å². The van der Waals surface area contributed by atoms with Gasteiger partial charge in [-0.2, -0.15) is 0 Å². The molecule has 0 spiro atoms. The molecule has 0 amide bonds. The first-order chi connectivity index (χ1) is 10.6. The molecule has 1 aliphatic rings. The van der Waals surface area contributed by atoms with Crippen LogP contribution in [0.5, 0.6) is 0 Å². The Kier molecular flexibility index (Phi) is 4.44. The minimum Gasteiger partial charge on any atom is -0.318 e. The zero-order valence-corrected chi connectivity index (χ0v) is 13.5. The summed E-state index contributed by atoms with van der Waals surface area (Å²) < 4.78 is 1.66. The van der Waals surface area contributed by atoms with Gasteiger partial charge in [0.1, 0.15) is 0 Å². The van der Waals surface area contributed by atoms with Crippen molar-refractivity contribution in [1.29, 1.82) is 0 Å². The summed E-state index contributed by atoms with van der Waals surface area (Å²) in [4.78, 5) is 14.3. The number of rotatable bonds is 3. The molecule has 3 nitrogen and oxygen atoms in total. The molecule has 0 atom stereocenters. The van der Waals surface area contributed by atoms with Crippen molar-refractivity contribution in [1.82, 2.24) is 9.47 Å². The number of benzene rings is 1. The van der Waals surface area contributed by atoms with Crippen molar-refractivity contribution in [2.45, 2.75) is 32.7 Å². The maximum atomic E-state index is 11.8. The Morgan fingerprint density at radius 2 is 1.68 bits per heavy atom. The number of hydrogen-bond acceptors (Lipinski definition) is 2. The highest BCUT2D eigenvalue weighted by molar-refractivity contribution is 5.63. The molecule has 0 radical (unpaired) electrons. The molecule has 0 unspecified atom stereocenters. The Balaban J connectivity index is 1.77. The molecule has 2 heterocycles. The largest absolute Gasteiger partial charge is 0.318 e. The highest BCUT2D eigenvalue weighted by Gasteiger charge is 2.10. The summed E-state index contributed by atoms with van der Waals surface area (Å²) in [6.45, 7) is 5.37. The van der Waals surface area contributed by atoms with Gasteiger partial charge in [-0.25, -0.2) is 0 Å². The molecule has 3 rings (SSSR count). The highest BCUT2D eigenvalue weighted by atomic mass is 16.1. The third-order valence-electron chi connectivity index (χ3n) is 4.50. The lowest BCUT2D eigenvalue weighted by Gasteiger charge is -2.26. The van der Waals surface area contributed by atoms with Crippen LogP contribution in [0.4, 0.5) is 0 Å². The van der Waals surface area contributed by atoms with E-state index >= 15 is 0 Å². The lowest BCUT2D eigenvalue weighted by molar-refractivity contribution is 0.221. The monoisotopic (exact) mass is 296 g/mol. The summed E-state index contributed by atoms with van der Waals surface area (Å²) in [6, 6.07) is 10.7. The minimum atomic E-state index is 0.0745. The number of likely N-dealkylation sites (tertiary alicyclic amines) is 1. The van der Waals surface area contributed by atoms with Crippen molar-refractivity contribution in [3.8, 4) is 11.1 Å². The van der Waals surface area contributed by atoms with Crippen LogP contribution in [0.25, 0.3) is 11.1 Å². The number of pyridine rings is 1. The van der Waals surface area contributed by atoms with Crippen molar-refractivity contribution in [2.75, 3.05) is 13.1 Å². The van der Waals surface area contributed by atoms with Crippen LogP contribution in [-0.4, -0.2) is 22.6 Å². The fourth-order valence-corrected chi connectivity index (χ4v) is 3.21. The molecule has 3 heteroatoms. The maximum Gasteiger partial charge on any atom is 0.253 e. The van der Waals surface area contributed by atoms with Crippen LogP contribution in [0.1, 0.15) is 30.4 Å². The fraction of sp³-hybridized carbons (Fsp3) is 0.421. The smallest absolute Gasteiger partial charge is 0.253 e. The minimum absolute atomic E-state index is 0.0745. The van der Waals surface area contributed by atoms with Gasteiger partial charge < -0.3 is 4.57 Å². The molecular weight excluding hydrogens is 272 g/mol. The molecule has 0 aliphatic carbocycles. The average molecular weight is 296 g/mol. The van der Waals surface area contributed by atoms with Gasteiger partial charge in [0.05, 0.1) is 0 Å². The second kappa shape index (κ2) is 6.49. The standard InChI is InChI=1S/C19H24N2O/c1-15-12-18(14-20(2)19(15)22)17-8-6-16(7-9-17)13-21-10-4-3-5-11-21/h6-9,12,14H,3-5,10-11,13H2,1-2H3. The summed E-state index contributed by atoms with van der Waals surface area (Å²) in [6.07, 6.45) is 5.95. The number of aryl methyl sites for hydroxylation is 2. The van der Waals surface area contributed by atoms with Crippen LogP contribution >= 0.6 is 0 Å². The van der Waals surface area contributed by atoms with E-state index in [4.69, 9.17) is 0 Å². The highest BCUT2D eigenvalue weighted by Crippen LogP contribution is 2.20. The summed E-state index contributed by atoms with van der Waals surface area (Å²) >= 11 is 0. The van der Waals surface area contributed by atoms with E-state index in [1.54, 1.807) is 4.57 Å². The maximum absolute atomic E-state index is 11.8. The molecule has 1 aromatic heterocycles. The molecule has 0 bridgehead atoms. The Bertz CT molecular complexity index is 668. The van der Waals surface area contributed by atoms with Gasteiger partial charge >= 0.3 is 0 Å². The van der Waals surface area contributed by atoms with E-state index in [0.717, 1.165) is 17.7 Å². The van der Waals surface area contributed by atoms with Crippen LogP contribution in [0.3, 0.4) is 0 Å². The average Bonchev–Trinajstić information content (AvgIpc) is 2.54. The van der Waals surface area contributed by atoms with E-state index in [1.807, 2.05) is 26.2 Å². The van der Waals surface area contributed by atoms with E-state index in [2.05, 4.69) is 29.2 Å².